The highest BCUT2D eigenvalue weighted by Crippen LogP contribution is 2.30. The molecule has 9 heteroatoms. The smallest absolute Gasteiger partial charge is 0.311 e. The molecule has 172 valence electrons. The summed E-state index contributed by atoms with van der Waals surface area (Å²) >= 11 is 0. The minimum atomic E-state index is -0.649. The Morgan fingerprint density at radius 1 is 1.16 bits per heavy atom. The first-order chi connectivity index (χ1) is 15.4. The van der Waals surface area contributed by atoms with Crippen LogP contribution in [-0.4, -0.2) is 47.9 Å². The zero-order valence-electron chi connectivity index (χ0n) is 18.6. The van der Waals surface area contributed by atoms with Crippen LogP contribution >= 0.6 is 0 Å². The van der Waals surface area contributed by atoms with E-state index in [1.807, 2.05) is 44.2 Å². The van der Waals surface area contributed by atoms with Crippen LogP contribution in [0.25, 0.3) is 0 Å². The zero-order chi connectivity index (χ0) is 23.5. The summed E-state index contributed by atoms with van der Waals surface area (Å²) in [5.74, 6) is -0.296. The Labute approximate surface area is 187 Å². The third-order valence-electron chi connectivity index (χ3n) is 4.84. The minimum absolute atomic E-state index is 0.0338. The standard InChI is InChI=1S/C23H29N3O6/c1-4-13-24-23(28)19(5-2)25(15-17-9-7-6-8-10-17)22(27)16-32-18-11-12-20(26(29)30)21(14-18)31-3/h6-12,14,19H,4-5,13,15-16H2,1-3H3,(H,24,28)/t19-/m0/s1. The van der Waals surface area contributed by atoms with E-state index in [0.29, 0.717) is 13.0 Å². The van der Waals surface area contributed by atoms with E-state index in [1.54, 1.807) is 0 Å². The molecule has 0 aliphatic carbocycles. The van der Waals surface area contributed by atoms with Gasteiger partial charge in [0.05, 0.1) is 12.0 Å². The van der Waals surface area contributed by atoms with Gasteiger partial charge in [-0.3, -0.25) is 19.7 Å². The second-order valence-corrected chi connectivity index (χ2v) is 7.10. The van der Waals surface area contributed by atoms with E-state index in [4.69, 9.17) is 9.47 Å². The molecule has 0 radical (unpaired) electrons. The van der Waals surface area contributed by atoms with Gasteiger partial charge in [0, 0.05) is 25.2 Å². The lowest BCUT2D eigenvalue weighted by molar-refractivity contribution is -0.385. The van der Waals surface area contributed by atoms with Gasteiger partial charge in [-0.25, -0.2) is 0 Å². The molecular formula is C23H29N3O6. The van der Waals surface area contributed by atoms with Crippen molar-refractivity contribution in [3.63, 3.8) is 0 Å². The zero-order valence-corrected chi connectivity index (χ0v) is 18.6. The van der Waals surface area contributed by atoms with Gasteiger partial charge in [0.2, 0.25) is 11.7 Å². The first-order valence-electron chi connectivity index (χ1n) is 10.5. The number of hydrogen-bond acceptors (Lipinski definition) is 6. The average molecular weight is 444 g/mol. The second-order valence-electron chi connectivity index (χ2n) is 7.10. The van der Waals surface area contributed by atoms with E-state index in [2.05, 4.69) is 5.32 Å². The van der Waals surface area contributed by atoms with Crippen molar-refractivity contribution in [3.8, 4) is 11.5 Å². The van der Waals surface area contributed by atoms with Crippen LogP contribution in [0.5, 0.6) is 11.5 Å². The van der Waals surface area contributed by atoms with Crippen molar-refractivity contribution in [1.29, 1.82) is 0 Å². The Kier molecular flexibility index (Phi) is 9.46. The predicted octanol–water partition coefficient (Wildman–Crippen LogP) is 3.32. The number of nitro groups is 1. The van der Waals surface area contributed by atoms with Gasteiger partial charge in [-0.1, -0.05) is 44.2 Å². The Balaban J connectivity index is 2.20. The SMILES string of the molecule is CCCNC(=O)[C@H](CC)N(Cc1ccccc1)C(=O)COc1ccc([N+](=O)[O-])c(OC)c1. The second kappa shape index (κ2) is 12.3. The first kappa shape index (κ1) is 24.6. The Bertz CT molecular complexity index is 919. The number of carbonyl (C=O) groups is 2. The molecule has 0 unspecified atom stereocenters. The summed E-state index contributed by atoms with van der Waals surface area (Å²) in [6, 6.07) is 12.8. The van der Waals surface area contributed by atoms with E-state index in [1.165, 1.54) is 30.2 Å². The summed E-state index contributed by atoms with van der Waals surface area (Å²) in [5.41, 5.74) is 0.690. The third-order valence-corrected chi connectivity index (χ3v) is 4.84. The van der Waals surface area contributed by atoms with Crippen LogP contribution in [0, 0.1) is 10.1 Å². The fourth-order valence-corrected chi connectivity index (χ4v) is 3.19. The molecule has 1 N–H and O–H groups in total. The molecule has 0 aliphatic heterocycles. The topological polar surface area (TPSA) is 111 Å². The van der Waals surface area contributed by atoms with Gasteiger partial charge >= 0.3 is 5.69 Å². The van der Waals surface area contributed by atoms with Crippen LogP contribution in [-0.2, 0) is 16.1 Å². The maximum Gasteiger partial charge on any atom is 0.311 e. The number of rotatable bonds is 12. The van der Waals surface area contributed by atoms with E-state index in [9.17, 15) is 19.7 Å². The number of nitrogens with zero attached hydrogens (tertiary/aromatic N) is 2. The molecule has 32 heavy (non-hydrogen) atoms. The average Bonchev–Trinajstić information content (AvgIpc) is 2.81. The predicted molar refractivity (Wildman–Crippen MR) is 120 cm³/mol. The summed E-state index contributed by atoms with van der Waals surface area (Å²) in [6.07, 6.45) is 1.24. The summed E-state index contributed by atoms with van der Waals surface area (Å²) < 4.78 is 10.6. The summed E-state index contributed by atoms with van der Waals surface area (Å²) in [5, 5.41) is 13.9. The van der Waals surface area contributed by atoms with Gasteiger partial charge in [-0.2, -0.15) is 0 Å². The fourth-order valence-electron chi connectivity index (χ4n) is 3.19. The number of hydrogen-bond donors (Lipinski definition) is 1. The minimum Gasteiger partial charge on any atom is -0.490 e. The Morgan fingerprint density at radius 2 is 1.88 bits per heavy atom. The molecule has 2 amide bonds. The third kappa shape index (κ3) is 6.69. The maximum absolute atomic E-state index is 13.1. The number of nitrogens with one attached hydrogen (secondary N) is 1. The highest BCUT2D eigenvalue weighted by Gasteiger charge is 2.29. The number of nitro benzene ring substituents is 1. The molecule has 0 saturated heterocycles. The van der Waals surface area contributed by atoms with Crippen LogP contribution in [0.1, 0.15) is 32.3 Å². The molecule has 1 atom stereocenters. The van der Waals surface area contributed by atoms with Gasteiger partial charge < -0.3 is 19.7 Å². The number of carbonyl (C=O) groups excluding carboxylic acids is 2. The summed E-state index contributed by atoms with van der Waals surface area (Å²) in [6.45, 7) is 4.27. The molecule has 0 saturated carbocycles. The lowest BCUT2D eigenvalue weighted by Crippen LogP contribution is -2.50. The molecule has 9 nitrogen and oxygen atoms in total. The molecule has 2 rings (SSSR count). The van der Waals surface area contributed by atoms with Crippen molar-refractivity contribution in [3.05, 3.63) is 64.2 Å². The van der Waals surface area contributed by atoms with Gasteiger partial charge in [0.1, 0.15) is 11.8 Å². The van der Waals surface area contributed by atoms with Crippen LogP contribution in [0.3, 0.4) is 0 Å². The Morgan fingerprint density at radius 3 is 2.47 bits per heavy atom. The van der Waals surface area contributed by atoms with Crippen molar-refractivity contribution in [2.45, 2.75) is 39.3 Å². The quantitative estimate of drug-likeness (QED) is 0.398. The van der Waals surface area contributed by atoms with Gasteiger partial charge in [-0.15, -0.1) is 0 Å². The van der Waals surface area contributed by atoms with Gasteiger partial charge in [-0.05, 0) is 24.5 Å². The summed E-state index contributed by atoms with van der Waals surface area (Å²) in [7, 11) is 1.32. The fraction of sp³-hybridized carbons (Fsp3) is 0.391. The normalized spacial score (nSPS) is 11.3. The van der Waals surface area contributed by atoms with Crippen LogP contribution in [0.2, 0.25) is 0 Å². The van der Waals surface area contributed by atoms with Gasteiger partial charge in [0.25, 0.3) is 5.91 Å². The molecule has 0 aliphatic rings. The monoisotopic (exact) mass is 443 g/mol. The van der Waals surface area contributed by atoms with E-state index in [-0.39, 0.29) is 42.2 Å². The number of benzene rings is 2. The van der Waals surface area contributed by atoms with Crippen LogP contribution < -0.4 is 14.8 Å². The molecule has 0 spiro atoms. The number of methoxy groups -OCH3 is 1. The Hall–Kier alpha value is -3.62. The molecule has 0 heterocycles. The molecule has 2 aromatic carbocycles. The van der Waals surface area contributed by atoms with Crippen LogP contribution in [0.4, 0.5) is 5.69 Å². The lowest BCUT2D eigenvalue weighted by Gasteiger charge is -2.30. The maximum atomic E-state index is 13.1. The largest absolute Gasteiger partial charge is 0.490 e. The van der Waals surface area contributed by atoms with Crippen molar-refractivity contribution < 1.29 is 24.0 Å². The van der Waals surface area contributed by atoms with E-state index >= 15 is 0 Å². The number of amides is 2. The molecule has 0 fully saturated rings. The van der Waals surface area contributed by atoms with Crippen molar-refractivity contribution >= 4 is 17.5 Å². The summed E-state index contributed by atoms with van der Waals surface area (Å²) in [4.78, 5) is 37.8. The van der Waals surface area contributed by atoms with E-state index < -0.39 is 11.0 Å². The van der Waals surface area contributed by atoms with E-state index in [0.717, 1.165) is 12.0 Å². The van der Waals surface area contributed by atoms with Crippen molar-refractivity contribution in [1.82, 2.24) is 10.2 Å². The lowest BCUT2D eigenvalue weighted by atomic mass is 10.1. The highest BCUT2D eigenvalue weighted by atomic mass is 16.6. The molecular weight excluding hydrogens is 414 g/mol. The van der Waals surface area contributed by atoms with Crippen LogP contribution in [0.15, 0.2) is 48.5 Å². The highest BCUT2D eigenvalue weighted by molar-refractivity contribution is 5.88. The number of ether oxygens (including phenoxy) is 2. The first-order valence-corrected chi connectivity index (χ1v) is 10.5. The molecule has 0 aromatic heterocycles. The molecule has 2 aromatic rings. The molecule has 0 bridgehead atoms. The van der Waals surface area contributed by atoms with Crippen molar-refractivity contribution in [2.75, 3.05) is 20.3 Å². The van der Waals surface area contributed by atoms with Crippen molar-refractivity contribution in [2.24, 2.45) is 0 Å². The van der Waals surface area contributed by atoms with Gasteiger partial charge in [0.15, 0.2) is 6.61 Å².